The molecule has 0 aliphatic heterocycles. The predicted octanol–water partition coefficient (Wildman–Crippen LogP) is 3.93. The van der Waals surface area contributed by atoms with Crippen LogP contribution in [0.5, 0.6) is 11.6 Å². The van der Waals surface area contributed by atoms with Gasteiger partial charge in [0, 0.05) is 16.6 Å². The number of anilines is 1. The quantitative estimate of drug-likeness (QED) is 0.491. The average molecular weight is 364 g/mol. The van der Waals surface area contributed by atoms with Gasteiger partial charge in [0.2, 0.25) is 5.88 Å². The molecule has 3 N–H and O–H groups in total. The fourth-order valence-corrected chi connectivity index (χ4v) is 2.19. The Balaban J connectivity index is 2.36. The largest absolute Gasteiger partial charge is 0.437 e. The molecule has 0 fully saturated rings. The number of ether oxygens (including phenoxy) is 1. The molecule has 1 heterocycles. The minimum atomic E-state index is 0.320. The van der Waals surface area contributed by atoms with Gasteiger partial charge in [-0.25, -0.2) is 10.8 Å². The van der Waals surface area contributed by atoms with Gasteiger partial charge < -0.3 is 10.2 Å². The number of benzene rings is 1. The molecule has 0 saturated carbocycles. The Labute approximate surface area is 128 Å². The second-order valence-corrected chi connectivity index (χ2v) is 5.25. The molecule has 2 rings (SSSR count). The van der Waals surface area contributed by atoms with Crippen LogP contribution < -0.4 is 16.0 Å². The fourth-order valence-electron chi connectivity index (χ4n) is 1.36. The molecule has 1 aromatic heterocycles. The molecule has 5 nitrogen and oxygen atoms in total. The first-order valence-corrected chi connectivity index (χ1v) is 6.69. The van der Waals surface area contributed by atoms with Crippen molar-refractivity contribution in [3.05, 3.63) is 38.5 Å². The molecule has 1 aromatic carbocycles. The van der Waals surface area contributed by atoms with Crippen LogP contribution in [0.1, 0.15) is 5.82 Å². The van der Waals surface area contributed by atoms with E-state index < -0.39 is 0 Å². The summed E-state index contributed by atoms with van der Waals surface area (Å²) < 4.78 is 6.27. The van der Waals surface area contributed by atoms with Crippen LogP contribution >= 0.6 is 39.1 Å². The van der Waals surface area contributed by atoms with Gasteiger partial charge in [-0.1, -0.05) is 23.2 Å². The first-order valence-electron chi connectivity index (χ1n) is 5.14. The lowest BCUT2D eigenvalue weighted by molar-refractivity contribution is 0.460. The smallest absolute Gasteiger partial charge is 0.224 e. The van der Waals surface area contributed by atoms with Crippen LogP contribution in [0.3, 0.4) is 0 Å². The zero-order chi connectivity index (χ0) is 14.0. The lowest BCUT2D eigenvalue weighted by Crippen LogP contribution is -2.09. The second-order valence-electron chi connectivity index (χ2n) is 3.58. The van der Waals surface area contributed by atoms with E-state index >= 15 is 0 Å². The number of aromatic nitrogens is 2. The van der Waals surface area contributed by atoms with Crippen molar-refractivity contribution >= 4 is 44.9 Å². The number of aryl methyl sites for hydroxylation is 1. The van der Waals surface area contributed by atoms with E-state index in [1.165, 1.54) is 0 Å². The molecule has 100 valence electrons. The van der Waals surface area contributed by atoms with Gasteiger partial charge in [-0.05, 0) is 28.9 Å². The van der Waals surface area contributed by atoms with Crippen LogP contribution in [-0.2, 0) is 0 Å². The second kappa shape index (κ2) is 5.92. The highest BCUT2D eigenvalue weighted by atomic mass is 79.9. The van der Waals surface area contributed by atoms with Crippen LogP contribution in [0.15, 0.2) is 22.7 Å². The third-order valence-corrected chi connectivity index (χ3v) is 3.64. The van der Waals surface area contributed by atoms with E-state index in [2.05, 4.69) is 31.3 Å². The molecule has 8 heteroatoms. The summed E-state index contributed by atoms with van der Waals surface area (Å²) in [5.74, 6) is 6.99. The molecule has 0 aliphatic carbocycles. The van der Waals surface area contributed by atoms with Crippen molar-refractivity contribution in [3.8, 4) is 11.6 Å². The third kappa shape index (κ3) is 3.48. The van der Waals surface area contributed by atoms with E-state index in [1.807, 2.05) is 0 Å². The molecule has 0 unspecified atom stereocenters. The molecular formula is C11H9BrCl2N4O. The van der Waals surface area contributed by atoms with Gasteiger partial charge in [0.1, 0.15) is 17.4 Å². The summed E-state index contributed by atoms with van der Waals surface area (Å²) in [7, 11) is 0. The van der Waals surface area contributed by atoms with Gasteiger partial charge in [-0.2, -0.15) is 4.98 Å². The third-order valence-electron chi connectivity index (χ3n) is 2.15. The number of halogens is 3. The monoisotopic (exact) mass is 362 g/mol. The number of rotatable bonds is 3. The van der Waals surface area contributed by atoms with Crippen molar-refractivity contribution in [1.29, 1.82) is 0 Å². The summed E-state index contributed by atoms with van der Waals surface area (Å²) in [6.45, 7) is 1.73. The standard InChI is InChI=1S/C11H9BrCl2N4O/c1-5-16-10(18-15)4-11(17-5)19-9-3-7(13)6(12)2-8(9)14/h2-4H,15H2,1H3,(H,16,17,18). The van der Waals surface area contributed by atoms with Gasteiger partial charge in [0.15, 0.2) is 0 Å². The van der Waals surface area contributed by atoms with Crippen LogP contribution in [0.4, 0.5) is 5.82 Å². The maximum Gasteiger partial charge on any atom is 0.224 e. The molecule has 0 atom stereocenters. The number of nitrogens with one attached hydrogen (secondary N) is 1. The molecule has 0 bridgehead atoms. The predicted molar refractivity (Wildman–Crippen MR) is 78.8 cm³/mol. The summed E-state index contributed by atoms with van der Waals surface area (Å²) in [6.07, 6.45) is 0. The molecule has 0 saturated heterocycles. The van der Waals surface area contributed by atoms with Crippen molar-refractivity contribution in [2.45, 2.75) is 6.92 Å². The first kappa shape index (κ1) is 14.3. The Hall–Kier alpha value is -1.08. The summed E-state index contributed by atoms with van der Waals surface area (Å²) in [6, 6.07) is 4.80. The Morgan fingerprint density at radius 3 is 2.63 bits per heavy atom. The number of nitrogens with two attached hydrogens (primary N) is 1. The maximum absolute atomic E-state index is 6.07. The minimum Gasteiger partial charge on any atom is -0.437 e. The van der Waals surface area contributed by atoms with Crippen molar-refractivity contribution in [2.75, 3.05) is 5.43 Å². The summed E-state index contributed by atoms with van der Waals surface area (Å²) in [5.41, 5.74) is 2.43. The molecule has 2 aromatic rings. The van der Waals surface area contributed by atoms with E-state index in [-0.39, 0.29) is 0 Å². The van der Waals surface area contributed by atoms with Crippen LogP contribution in [-0.4, -0.2) is 9.97 Å². The summed E-state index contributed by atoms with van der Waals surface area (Å²) in [4.78, 5) is 8.18. The molecule has 0 amide bonds. The van der Waals surface area contributed by atoms with E-state index in [0.29, 0.717) is 37.8 Å². The van der Waals surface area contributed by atoms with Gasteiger partial charge in [-0.15, -0.1) is 0 Å². The first-order chi connectivity index (χ1) is 8.99. The molecule has 0 spiro atoms. The van der Waals surface area contributed by atoms with Crippen molar-refractivity contribution in [1.82, 2.24) is 9.97 Å². The molecular weight excluding hydrogens is 355 g/mol. The lowest BCUT2D eigenvalue weighted by Gasteiger charge is -2.09. The van der Waals surface area contributed by atoms with E-state index in [0.717, 1.165) is 0 Å². The van der Waals surface area contributed by atoms with Gasteiger partial charge in [0.05, 0.1) is 10.0 Å². The van der Waals surface area contributed by atoms with E-state index in [9.17, 15) is 0 Å². The van der Waals surface area contributed by atoms with Crippen LogP contribution in [0, 0.1) is 6.92 Å². The topological polar surface area (TPSA) is 73.1 Å². The minimum absolute atomic E-state index is 0.320. The lowest BCUT2D eigenvalue weighted by atomic mass is 10.3. The van der Waals surface area contributed by atoms with Crippen LogP contribution in [0.25, 0.3) is 0 Å². The maximum atomic E-state index is 6.07. The Kier molecular flexibility index (Phi) is 4.46. The number of hydrogen-bond acceptors (Lipinski definition) is 5. The Morgan fingerprint density at radius 2 is 1.95 bits per heavy atom. The number of hydrogen-bond donors (Lipinski definition) is 2. The van der Waals surface area contributed by atoms with Crippen molar-refractivity contribution in [2.24, 2.45) is 5.84 Å². The fraction of sp³-hybridized carbons (Fsp3) is 0.0909. The zero-order valence-corrected chi connectivity index (χ0v) is 12.8. The van der Waals surface area contributed by atoms with Crippen LogP contribution in [0.2, 0.25) is 10.0 Å². The number of nitrogen functional groups attached to an aromatic ring is 1. The average Bonchev–Trinajstić information content (AvgIpc) is 2.35. The number of nitrogens with zero attached hydrogens (tertiary/aromatic N) is 2. The molecule has 0 aliphatic rings. The van der Waals surface area contributed by atoms with E-state index in [4.69, 9.17) is 33.8 Å². The zero-order valence-electron chi connectivity index (χ0n) is 9.75. The van der Waals surface area contributed by atoms with Gasteiger partial charge >= 0.3 is 0 Å². The summed E-state index contributed by atoms with van der Waals surface area (Å²) >= 11 is 15.3. The molecule has 19 heavy (non-hydrogen) atoms. The highest BCUT2D eigenvalue weighted by molar-refractivity contribution is 9.10. The van der Waals surface area contributed by atoms with E-state index in [1.54, 1.807) is 25.1 Å². The Morgan fingerprint density at radius 1 is 1.21 bits per heavy atom. The molecule has 0 radical (unpaired) electrons. The highest BCUT2D eigenvalue weighted by Crippen LogP contribution is 2.36. The normalized spacial score (nSPS) is 10.4. The van der Waals surface area contributed by atoms with Gasteiger partial charge in [-0.3, -0.25) is 0 Å². The highest BCUT2D eigenvalue weighted by Gasteiger charge is 2.10. The van der Waals surface area contributed by atoms with Gasteiger partial charge in [0.25, 0.3) is 0 Å². The number of hydrazine groups is 1. The van der Waals surface area contributed by atoms with Crippen molar-refractivity contribution < 1.29 is 4.74 Å². The SMILES string of the molecule is Cc1nc(NN)cc(Oc2cc(Cl)c(Br)cc2Cl)n1. The van der Waals surface area contributed by atoms with Crippen molar-refractivity contribution in [3.63, 3.8) is 0 Å². The summed E-state index contributed by atoms with van der Waals surface area (Å²) in [5, 5.41) is 0.900. The Bertz CT molecular complexity index is 624.